The third kappa shape index (κ3) is 3.41. The van der Waals surface area contributed by atoms with Gasteiger partial charge in [-0.05, 0) is 18.1 Å². The van der Waals surface area contributed by atoms with Crippen LogP contribution in [-0.4, -0.2) is 38.1 Å². The zero-order valence-corrected chi connectivity index (χ0v) is 12.8. The van der Waals surface area contributed by atoms with E-state index in [-0.39, 0.29) is 11.8 Å². The molecule has 1 heterocycles. The molecule has 0 aromatic heterocycles. The van der Waals surface area contributed by atoms with Crippen molar-refractivity contribution >= 4 is 21.6 Å². The van der Waals surface area contributed by atoms with Crippen LogP contribution in [0.2, 0.25) is 5.02 Å². The summed E-state index contributed by atoms with van der Waals surface area (Å²) in [5.41, 5.74) is 0.851. The van der Waals surface area contributed by atoms with Crippen molar-refractivity contribution in [1.29, 1.82) is 0 Å². The number of sulfonamides is 1. The first-order chi connectivity index (χ1) is 9.56. The van der Waals surface area contributed by atoms with E-state index in [9.17, 15) is 8.42 Å². The Labute approximate surface area is 125 Å². The van der Waals surface area contributed by atoms with Crippen LogP contribution in [0.4, 0.5) is 0 Å². The standard InChI is InChI=1S/C14H19ClN2O2S/c1-2-3-10-20(18,19)17-9-8-16-11-14(17)12-6-4-5-7-13(12)15/h2,4-7,14,16H,1,3,8-11H2. The van der Waals surface area contributed by atoms with E-state index in [0.29, 0.717) is 31.1 Å². The highest BCUT2D eigenvalue weighted by molar-refractivity contribution is 7.89. The topological polar surface area (TPSA) is 49.4 Å². The van der Waals surface area contributed by atoms with Crippen LogP contribution < -0.4 is 5.32 Å². The number of nitrogens with zero attached hydrogens (tertiary/aromatic N) is 1. The van der Waals surface area contributed by atoms with Gasteiger partial charge in [0.25, 0.3) is 0 Å². The number of halogens is 1. The molecule has 0 amide bonds. The van der Waals surface area contributed by atoms with E-state index in [4.69, 9.17) is 11.6 Å². The first-order valence-electron chi connectivity index (χ1n) is 6.62. The molecular weight excluding hydrogens is 296 g/mol. The molecule has 1 aromatic rings. The van der Waals surface area contributed by atoms with Crippen LogP contribution in [0.3, 0.4) is 0 Å². The van der Waals surface area contributed by atoms with Gasteiger partial charge in [0.15, 0.2) is 0 Å². The van der Waals surface area contributed by atoms with Crippen LogP contribution in [0.5, 0.6) is 0 Å². The molecule has 4 nitrogen and oxygen atoms in total. The first-order valence-corrected chi connectivity index (χ1v) is 8.60. The van der Waals surface area contributed by atoms with Gasteiger partial charge in [-0.15, -0.1) is 6.58 Å². The van der Waals surface area contributed by atoms with Gasteiger partial charge in [0.2, 0.25) is 10.0 Å². The van der Waals surface area contributed by atoms with Crippen molar-refractivity contribution in [2.24, 2.45) is 0 Å². The number of allylic oxidation sites excluding steroid dienone is 1. The van der Waals surface area contributed by atoms with Crippen LogP contribution in [0.1, 0.15) is 18.0 Å². The molecule has 1 unspecified atom stereocenters. The lowest BCUT2D eigenvalue weighted by molar-refractivity contribution is 0.271. The predicted octanol–water partition coefficient (Wildman–Crippen LogP) is 2.19. The fraction of sp³-hybridized carbons (Fsp3) is 0.429. The van der Waals surface area contributed by atoms with Gasteiger partial charge in [-0.3, -0.25) is 0 Å². The van der Waals surface area contributed by atoms with E-state index >= 15 is 0 Å². The Morgan fingerprint density at radius 2 is 2.20 bits per heavy atom. The fourth-order valence-corrected chi connectivity index (χ4v) is 4.28. The minimum absolute atomic E-state index is 0.0947. The summed E-state index contributed by atoms with van der Waals surface area (Å²) in [6.07, 6.45) is 2.09. The van der Waals surface area contributed by atoms with Crippen molar-refractivity contribution in [3.63, 3.8) is 0 Å². The zero-order valence-electron chi connectivity index (χ0n) is 11.3. The Hall–Kier alpha value is -0.880. The molecule has 1 N–H and O–H groups in total. The van der Waals surface area contributed by atoms with E-state index in [1.807, 2.05) is 18.2 Å². The minimum Gasteiger partial charge on any atom is -0.313 e. The molecular formula is C14H19ClN2O2S. The largest absolute Gasteiger partial charge is 0.313 e. The Bertz CT molecular complexity index is 574. The molecule has 1 fully saturated rings. The van der Waals surface area contributed by atoms with Crippen molar-refractivity contribution < 1.29 is 8.42 Å². The molecule has 0 radical (unpaired) electrons. The summed E-state index contributed by atoms with van der Waals surface area (Å²) >= 11 is 6.21. The fourth-order valence-electron chi connectivity index (χ4n) is 2.38. The van der Waals surface area contributed by atoms with Crippen LogP contribution in [0, 0.1) is 0 Å². The molecule has 0 saturated carbocycles. The van der Waals surface area contributed by atoms with Gasteiger partial charge in [0, 0.05) is 24.7 Å². The maximum atomic E-state index is 12.4. The van der Waals surface area contributed by atoms with Gasteiger partial charge in [0.05, 0.1) is 11.8 Å². The highest BCUT2D eigenvalue weighted by Gasteiger charge is 2.33. The van der Waals surface area contributed by atoms with Crippen molar-refractivity contribution in [2.75, 3.05) is 25.4 Å². The summed E-state index contributed by atoms with van der Waals surface area (Å²) in [7, 11) is -3.30. The minimum atomic E-state index is -3.30. The maximum Gasteiger partial charge on any atom is 0.215 e. The third-order valence-electron chi connectivity index (χ3n) is 3.40. The number of rotatable bonds is 5. The van der Waals surface area contributed by atoms with Gasteiger partial charge >= 0.3 is 0 Å². The molecule has 1 aliphatic rings. The summed E-state index contributed by atoms with van der Waals surface area (Å²) < 4.78 is 26.5. The van der Waals surface area contributed by atoms with Gasteiger partial charge in [-0.2, -0.15) is 4.31 Å². The molecule has 20 heavy (non-hydrogen) atoms. The molecule has 1 atom stereocenters. The second kappa shape index (κ2) is 6.72. The maximum absolute atomic E-state index is 12.4. The quantitative estimate of drug-likeness (QED) is 0.848. The van der Waals surface area contributed by atoms with Crippen LogP contribution in [-0.2, 0) is 10.0 Å². The Kier molecular flexibility index (Phi) is 5.21. The Morgan fingerprint density at radius 1 is 1.45 bits per heavy atom. The number of nitrogens with one attached hydrogen (secondary N) is 1. The second-order valence-electron chi connectivity index (χ2n) is 4.75. The number of piperazine rings is 1. The van der Waals surface area contributed by atoms with E-state index in [1.54, 1.807) is 16.4 Å². The molecule has 0 aliphatic carbocycles. The summed E-state index contributed by atoms with van der Waals surface area (Å²) in [5, 5.41) is 3.84. The number of hydrogen-bond donors (Lipinski definition) is 1. The molecule has 0 spiro atoms. The highest BCUT2D eigenvalue weighted by Crippen LogP contribution is 2.30. The second-order valence-corrected chi connectivity index (χ2v) is 7.19. The van der Waals surface area contributed by atoms with Gasteiger partial charge in [-0.25, -0.2) is 8.42 Å². The average Bonchev–Trinajstić information content (AvgIpc) is 2.46. The molecule has 1 aliphatic heterocycles. The van der Waals surface area contributed by atoms with Gasteiger partial charge in [-0.1, -0.05) is 35.9 Å². The summed E-state index contributed by atoms with van der Waals surface area (Å²) in [6, 6.07) is 7.16. The van der Waals surface area contributed by atoms with Crippen molar-refractivity contribution in [3.8, 4) is 0 Å². The lowest BCUT2D eigenvalue weighted by Crippen LogP contribution is -2.49. The van der Waals surface area contributed by atoms with Crippen molar-refractivity contribution in [1.82, 2.24) is 9.62 Å². The third-order valence-corrected chi connectivity index (χ3v) is 5.64. The number of hydrogen-bond acceptors (Lipinski definition) is 3. The highest BCUT2D eigenvalue weighted by atomic mass is 35.5. The zero-order chi connectivity index (χ0) is 14.6. The van der Waals surface area contributed by atoms with E-state index in [1.165, 1.54) is 0 Å². The molecule has 6 heteroatoms. The van der Waals surface area contributed by atoms with Crippen LogP contribution in [0.15, 0.2) is 36.9 Å². The Morgan fingerprint density at radius 3 is 2.90 bits per heavy atom. The lowest BCUT2D eigenvalue weighted by atomic mass is 10.1. The van der Waals surface area contributed by atoms with Gasteiger partial charge in [0.1, 0.15) is 0 Å². The molecule has 1 saturated heterocycles. The Balaban J connectivity index is 2.30. The van der Waals surface area contributed by atoms with E-state index < -0.39 is 10.0 Å². The predicted molar refractivity (Wildman–Crippen MR) is 82.4 cm³/mol. The normalized spacial score (nSPS) is 20.8. The van der Waals surface area contributed by atoms with Gasteiger partial charge < -0.3 is 5.32 Å². The molecule has 2 rings (SSSR count). The SMILES string of the molecule is C=CCCS(=O)(=O)N1CCNCC1c1ccccc1Cl. The summed E-state index contributed by atoms with van der Waals surface area (Å²) in [6.45, 7) is 5.29. The first kappa shape index (κ1) is 15.5. The average molecular weight is 315 g/mol. The van der Waals surface area contributed by atoms with E-state index in [0.717, 1.165) is 5.56 Å². The monoisotopic (exact) mass is 314 g/mol. The lowest BCUT2D eigenvalue weighted by Gasteiger charge is -2.35. The van der Waals surface area contributed by atoms with E-state index in [2.05, 4.69) is 11.9 Å². The van der Waals surface area contributed by atoms with Crippen LogP contribution >= 0.6 is 11.6 Å². The van der Waals surface area contributed by atoms with Crippen molar-refractivity contribution in [3.05, 3.63) is 47.5 Å². The summed E-state index contributed by atoms with van der Waals surface area (Å²) in [5.74, 6) is 0.0947. The van der Waals surface area contributed by atoms with Crippen molar-refractivity contribution in [2.45, 2.75) is 12.5 Å². The molecule has 0 bridgehead atoms. The number of benzene rings is 1. The molecule has 110 valence electrons. The smallest absolute Gasteiger partial charge is 0.215 e. The summed E-state index contributed by atoms with van der Waals surface area (Å²) in [4.78, 5) is 0. The molecule has 1 aromatic carbocycles. The van der Waals surface area contributed by atoms with Crippen LogP contribution in [0.25, 0.3) is 0 Å².